The van der Waals surface area contributed by atoms with E-state index in [1.54, 1.807) is 12.4 Å². The van der Waals surface area contributed by atoms with Gasteiger partial charge in [-0.25, -0.2) is 9.97 Å². The predicted octanol–water partition coefficient (Wildman–Crippen LogP) is 2.85. The van der Waals surface area contributed by atoms with Crippen molar-refractivity contribution in [3.63, 3.8) is 0 Å². The number of hydrogen-bond donors (Lipinski definition) is 2. The van der Waals surface area contributed by atoms with Crippen LogP contribution in [0.2, 0.25) is 0 Å². The van der Waals surface area contributed by atoms with Crippen LogP contribution in [-0.4, -0.2) is 32.0 Å². The topological polar surface area (TPSA) is 91.5 Å². The Morgan fingerprint density at radius 2 is 1.07 bits per heavy atom. The Bertz CT molecular complexity index is 1140. The van der Waals surface area contributed by atoms with Gasteiger partial charge in [0.1, 0.15) is 23.2 Å². The van der Waals surface area contributed by atoms with E-state index in [1.807, 2.05) is 48.5 Å². The SMILES string of the molecule is O=CPc1ncc(-c2ccc(C#Cc3ccc(-c4cnc(PC=O)[nH]4)cc3)cc2)[nH]1. The first-order chi connectivity index (χ1) is 14.7. The van der Waals surface area contributed by atoms with E-state index in [-0.39, 0.29) is 17.2 Å². The fourth-order valence-corrected chi connectivity index (χ4v) is 3.72. The Balaban J connectivity index is 1.45. The van der Waals surface area contributed by atoms with Gasteiger partial charge in [0, 0.05) is 28.3 Å². The first-order valence-corrected chi connectivity index (χ1v) is 11.1. The molecule has 2 heterocycles. The van der Waals surface area contributed by atoms with E-state index in [0.717, 1.165) is 45.7 Å². The molecule has 0 amide bonds. The van der Waals surface area contributed by atoms with Gasteiger partial charge in [-0.3, -0.25) is 9.59 Å². The molecule has 0 spiro atoms. The Kier molecular flexibility index (Phi) is 6.25. The summed E-state index contributed by atoms with van der Waals surface area (Å²) in [4.78, 5) is 35.9. The maximum atomic E-state index is 10.6. The molecule has 4 rings (SSSR count). The molecule has 8 heteroatoms. The summed E-state index contributed by atoms with van der Waals surface area (Å²) in [7, 11) is 0.0727. The highest BCUT2D eigenvalue weighted by atomic mass is 31.1. The van der Waals surface area contributed by atoms with Gasteiger partial charge in [-0.15, -0.1) is 0 Å². The van der Waals surface area contributed by atoms with Crippen molar-refractivity contribution in [2.24, 2.45) is 0 Å². The van der Waals surface area contributed by atoms with Gasteiger partial charge in [0.2, 0.25) is 0 Å². The van der Waals surface area contributed by atoms with Gasteiger partial charge in [0.15, 0.2) is 0 Å². The summed E-state index contributed by atoms with van der Waals surface area (Å²) in [6, 6.07) is 17.4. The molecular weight excluding hydrogens is 414 g/mol. The van der Waals surface area contributed by atoms with Gasteiger partial charge >= 0.3 is 0 Å². The van der Waals surface area contributed by atoms with Crippen LogP contribution in [0.25, 0.3) is 22.5 Å². The third-order valence-electron chi connectivity index (χ3n) is 4.29. The van der Waals surface area contributed by atoms with E-state index < -0.39 is 0 Å². The number of H-pyrrole nitrogens is 2. The molecule has 2 N–H and O–H groups in total. The van der Waals surface area contributed by atoms with Gasteiger partial charge in [-0.2, -0.15) is 0 Å². The first kappa shape index (κ1) is 19.9. The lowest BCUT2D eigenvalue weighted by molar-refractivity contribution is 0.569. The van der Waals surface area contributed by atoms with E-state index >= 15 is 0 Å². The summed E-state index contributed by atoms with van der Waals surface area (Å²) in [6.07, 6.45) is 3.46. The zero-order valence-corrected chi connectivity index (χ0v) is 17.6. The maximum Gasteiger partial charge on any atom is 0.146 e. The van der Waals surface area contributed by atoms with Crippen LogP contribution in [0.15, 0.2) is 60.9 Å². The van der Waals surface area contributed by atoms with Crippen molar-refractivity contribution in [1.29, 1.82) is 0 Å². The summed E-state index contributed by atoms with van der Waals surface area (Å²) in [5, 5.41) is 0. The molecule has 146 valence electrons. The van der Waals surface area contributed by atoms with Crippen LogP contribution < -0.4 is 11.1 Å². The van der Waals surface area contributed by atoms with Gasteiger partial charge < -0.3 is 9.97 Å². The van der Waals surface area contributed by atoms with Crippen LogP contribution in [0.4, 0.5) is 0 Å². The summed E-state index contributed by atoms with van der Waals surface area (Å²) in [5.41, 5.74) is 6.93. The standard InChI is InChI=1S/C22H16N4O2P2/c27-13-29-21-23-11-19(25-21)17-7-3-15(4-8-17)1-2-16-5-9-18(10-6-16)20-12-24-22(26-20)30-14-28/h3-14,29-30H,(H,23,25)(H,24,26). The molecular formula is C22H16N4O2P2. The highest BCUT2D eigenvalue weighted by Crippen LogP contribution is 2.19. The summed E-state index contributed by atoms with van der Waals surface area (Å²) >= 11 is 0. The van der Waals surface area contributed by atoms with Crippen LogP contribution in [0, 0.1) is 11.8 Å². The Hall–Kier alpha value is -3.38. The van der Waals surface area contributed by atoms with Crippen LogP contribution in [0.1, 0.15) is 11.1 Å². The predicted molar refractivity (Wildman–Crippen MR) is 123 cm³/mol. The largest absolute Gasteiger partial charge is 0.338 e. The van der Waals surface area contributed by atoms with Crippen molar-refractivity contribution in [3.05, 3.63) is 72.1 Å². The van der Waals surface area contributed by atoms with Crippen LogP contribution >= 0.6 is 17.2 Å². The second-order valence-corrected chi connectivity index (χ2v) is 8.22. The number of aromatic amines is 2. The number of benzene rings is 2. The molecule has 0 fully saturated rings. The first-order valence-electron chi connectivity index (χ1n) is 8.98. The van der Waals surface area contributed by atoms with E-state index in [9.17, 15) is 9.59 Å². The lowest BCUT2D eigenvalue weighted by Gasteiger charge is -1.98. The average Bonchev–Trinajstić information content (AvgIpc) is 3.44. The zero-order valence-electron chi connectivity index (χ0n) is 15.6. The molecule has 6 nitrogen and oxygen atoms in total. The van der Waals surface area contributed by atoms with E-state index in [1.165, 1.54) is 0 Å². The molecule has 0 aliphatic heterocycles. The zero-order chi connectivity index (χ0) is 20.8. The molecule has 0 saturated heterocycles. The van der Waals surface area contributed by atoms with Crippen LogP contribution in [0.3, 0.4) is 0 Å². The van der Waals surface area contributed by atoms with E-state index in [4.69, 9.17) is 0 Å². The van der Waals surface area contributed by atoms with Crippen molar-refractivity contribution < 1.29 is 9.59 Å². The lowest BCUT2D eigenvalue weighted by atomic mass is 10.1. The number of aromatic nitrogens is 4. The van der Waals surface area contributed by atoms with Crippen molar-refractivity contribution in [3.8, 4) is 34.4 Å². The molecule has 2 unspecified atom stereocenters. The average molecular weight is 430 g/mol. The maximum absolute atomic E-state index is 10.6. The Labute approximate surface area is 176 Å². The minimum atomic E-state index is 0.0364. The highest BCUT2D eigenvalue weighted by molar-refractivity contribution is 7.62. The number of carbonyl (C=O) groups is 2. The number of carbonyl (C=O) groups excluding carboxylic acids is 2. The Morgan fingerprint density at radius 1 is 0.667 bits per heavy atom. The third-order valence-corrected chi connectivity index (χ3v) is 5.58. The quantitative estimate of drug-likeness (QED) is 0.280. The summed E-state index contributed by atoms with van der Waals surface area (Å²) < 4.78 is 0. The summed E-state index contributed by atoms with van der Waals surface area (Å²) in [6.45, 7) is 0. The number of rotatable bonds is 6. The third kappa shape index (κ3) is 4.78. The van der Waals surface area contributed by atoms with Gasteiger partial charge in [0.25, 0.3) is 0 Å². The molecule has 0 aliphatic rings. The Morgan fingerprint density at radius 3 is 1.43 bits per heavy atom. The second kappa shape index (κ2) is 9.41. The van der Waals surface area contributed by atoms with Crippen molar-refractivity contribution in [1.82, 2.24) is 19.9 Å². The van der Waals surface area contributed by atoms with Gasteiger partial charge in [-0.1, -0.05) is 36.1 Å². The number of nitrogens with zero attached hydrogens (tertiary/aromatic N) is 2. The van der Waals surface area contributed by atoms with Gasteiger partial charge in [0.05, 0.1) is 23.8 Å². The van der Waals surface area contributed by atoms with Crippen molar-refractivity contribution >= 4 is 40.3 Å². The van der Waals surface area contributed by atoms with Crippen molar-refractivity contribution in [2.75, 3.05) is 0 Å². The number of imidazole rings is 2. The second-order valence-electron chi connectivity index (χ2n) is 6.22. The molecule has 30 heavy (non-hydrogen) atoms. The molecule has 0 saturated carbocycles. The number of hydrogen-bond acceptors (Lipinski definition) is 4. The van der Waals surface area contributed by atoms with E-state index in [0.29, 0.717) is 11.1 Å². The molecule has 2 atom stereocenters. The minimum Gasteiger partial charge on any atom is -0.338 e. The molecule has 0 aliphatic carbocycles. The molecule has 0 radical (unpaired) electrons. The van der Waals surface area contributed by atoms with E-state index in [2.05, 4.69) is 31.8 Å². The molecule has 4 aromatic rings. The highest BCUT2D eigenvalue weighted by Gasteiger charge is 2.04. The summed E-state index contributed by atoms with van der Waals surface area (Å²) in [5.74, 6) is 6.33. The van der Waals surface area contributed by atoms with Crippen LogP contribution in [0.5, 0.6) is 0 Å². The fraction of sp³-hybridized carbons (Fsp3) is 0. The fourth-order valence-electron chi connectivity index (χ4n) is 2.80. The monoisotopic (exact) mass is 430 g/mol. The number of nitrogens with one attached hydrogen (secondary N) is 2. The molecule has 2 aromatic heterocycles. The van der Waals surface area contributed by atoms with Crippen LogP contribution in [-0.2, 0) is 9.59 Å². The smallest absolute Gasteiger partial charge is 0.146 e. The minimum absolute atomic E-state index is 0.0364. The lowest BCUT2D eigenvalue weighted by Crippen LogP contribution is -1.97. The molecule has 2 aromatic carbocycles. The normalized spacial score (nSPS) is 11.1. The van der Waals surface area contributed by atoms with Gasteiger partial charge in [-0.05, 0) is 35.4 Å². The van der Waals surface area contributed by atoms with Crippen molar-refractivity contribution in [2.45, 2.75) is 0 Å². The molecule has 0 bridgehead atoms.